The number of Topliss-reactive ketones (excluding diaryl/α,β-unsaturated/α-hetero) is 1. The number of ketones is 1. The number of nitrogens with zero attached hydrogens (tertiary/aromatic N) is 2. The number of hydrogen-bond donors (Lipinski definition) is 1. The fourth-order valence-corrected chi connectivity index (χ4v) is 3.86. The van der Waals surface area contributed by atoms with Crippen molar-refractivity contribution in [2.45, 2.75) is 33.7 Å². The maximum absolute atomic E-state index is 12.6. The Balaban J connectivity index is 1.44. The van der Waals surface area contributed by atoms with E-state index < -0.39 is 5.97 Å². The first-order valence-electron chi connectivity index (χ1n) is 10.4. The van der Waals surface area contributed by atoms with Crippen molar-refractivity contribution in [3.63, 3.8) is 0 Å². The molecule has 4 aromatic rings. The van der Waals surface area contributed by atoms with Crippen molar-refractivity contribution in [3.05, 3.63) is 77.2 Å². The molecule has 0 saturated heterocycles. The predicted octanol–water partition coefficient (Wildman–Crippen LogP) is 5.10. The summed E-state index contributed by atoms with van der Waals surface area (Å²) in [5.41, 5.74) is 4.29. The Kier molecular flexibility index (Phi) is 5.71. The minimum Gasteiger partial charge on any atom is -0.453 e. The second kappa shape index (κ2) is 8.60. The molecule has 0 radical (unpaired) electrons. The molecular formula is C25H25N3O3. The second-order valence-corrected chi connectivity index (χ2v) is 7.66. The molecule has 0 aliphatic carbocycles. The SMILES string of the molecule is CCCn1c(C)cc(C(=O)COC(=O)c2cc(-c3ccc4ccccc4c3)n[nH]2)c1C. The van der Waals surface area contributed by atoms with Crippen molar-refractivity contribution in [3.8, 4) is 11.3 Å². The molecule has 0 aliphatic heterocycles. The minimum absolute atomic E-state index is 0.210. The summed E-state index contributed by atoms with van der Waals surface area (Å²) >= 11 is 0. The topological polar surface area (TPSA) is 77.0 Å². The molecule has 2 heterocycles. The van der Waals surface area contributed by atoms with E-state index in [0.29, 0.717) is 11.3 Å². The van der Waals surface area contributed by atoms with Crippen molar-refractivity contribution >= 4 is 22.5 Å². The number of hydrogen-bond acceptors (Lipinski definition) is 4. The maximum atomic E-state index is 12.6. The van der Waals surface area contributed by atoms with Gasteiger partial charge in [0.1, 0.15) is 5.69 Å². The highest BCUT2D eigenvalue weighted by atomic mass is 16.5. The van der Waals surface area contributed by atoms with Gasteiger partial charge in [-0.25, -0.2) is 4.79 Å². The fraction of sp³-hybridized carbons (Fsp3) is 0.240. The Morgan fingerprint density at radius 3 is 2.58 bits per heavy atom. The summed E-state index contributed by atoms with van der Waals surface area (Å²) in [5.74, 6) is -0.812. The number of aromatic amines is 1. The molecule has 0 aliphatic rings. The molecule has 0 atom stereocenters. The van der Waals surface area contributed by atoms with Gasteiger partial charge in [-0.3, -0.25) is 9.89 Å². The number of aryl methyl sites for hydroxylation is 1. The van der Waals surface area contributed by atoms with Crippen LogP contribution in [0.1, 0.15) is 45.6 Å². The van der Waals surface area contributed by atoms with Crippen molar-refractivity contribution in [1.29, 1.82) is 0 Å². The molecule has 31 heavy (non-hydrogen) atoms. The molecule has 0 unspecified atom stereocenters. The van der Waals surface area contributed by atoms with Crippen LogP contribution in [0, 0.1) is 13.8 Å². The quantitative estimate of drug-likeness (QED) is 0.337. The van der Waals surface area contributed by atoms with E-state index in [1.165, 1.54) is 0 Å². The number of H-pyrrole nitrogens is 1. The number of rotatable bonds is 7. The van der Waals surface area contributed by atoms with E-state index in [9.17, 15) is 9.59 Å². The number of carbonyl (C=O) groups excluding carboxylic acids is 2. The largest absolute Gasteiger partial charge is 0.453 e. The predicted molar refractivity (Wildman–Crippen MR) is 120 cm³/mol. The zero-order valence-corrected chi connectivity index (χ0v) is 17.9. The van der Waals surface area contributed by atoms with Crippen molar-refractivity contribution in [1.82, 2.24) is 14.8 Å². The van der Waals surface area contributed by atoms with Crippen LogP contribution in [-0.2, 0) is 11.3 Å². The molecule has 4 rings (SSSR count). The van der Waals surface area contributed by atoms with Crippen LogP contribution in [0.4, 0.5) is 0 Å². The molecular weight excluding hydrogens is 390 g/mol. The summed E-state index contributed by atoms with van der Waals surface area (Å²) in [6, 6.07) is 17.6. The van der Waals surface area contributed by atoms with Crippen LogP contribution in [0.3, 0.4) is 0 Å². The molecule has 0 bridgehead atoms. The van der Waals surface area contributed by atoms with Crippen LogP contribution in [0.2, 0.25) is 0 Å². The maximum Gasteiger partial charge on any atom is 0.356 e. The van der Waals surface area contributed by atoms with Crippen LogP contribution >= 0.6 is 0 Å². The van der Waals surface area contributed by atoms with Crippen LogP contribution in [0.25, 0.3) is 22.0 Å². The summed E-state index contributed by atoms with van der Waals surface area (Å²) < 4.78 is 7.37. The van der Waals surface area contributed by atoms with E-state index >= 15 is 0 Å². The van der Waals surface area contributed by atoms with Gasteiger partial charge in [-0.2, -0.15) is 5.10 Å². The molecule has 0 fully saturated rings. The van der Waals surface area contributed by atoms with E-state index in [1.54, 1.807) is 6.07 Å². The minimum atomic E-state index is -0.602. The van der Waals surface area contributed by atoms with Gasteiger partial charge in [0.05, 0.1) is 5.69 Å². The molecule has 2 aromatic carbocycles. The van der Waals surface area contributed by atoms with Crippen LogP contribution in [0.5, 0.6) is 0 Å². The van der Waals surface area contributed by atoms with Crippen molar-refractivity contribution in [2.24, 2.45) is 0 Å². The highest BCUT2D eigenvalue weighted by Crippen LogP contribution is 2.24. The van der Waals surface area contributed by atoms with Crippen LogP contribution < -0.4 is 0 Å². The summed E-state index contributed by atoms with van der Waals surface area (Å²) in [6.07, 6.45) is 0.984. The zero-order valence-electron chi connectivity index (χ0n) is 17.9. The molecule has 0 saturated carbocycles. The molecule has 1 N–H and O–H groups in total. The number of esters is 1. The first-order chi connectivity index (χ1) is 15.0. The lowest BCUT2D eigenvalue weighted by Crippen LogP contribution is -2.15. The van der Waals surface area contributed by atoms with Gasteiger partial charge in [-0.05, 0) is 49.2 Å². The van der Waals surface area contributed by atoms with Gasteiger partial charge >= 0.3 is 5.97 Å². The van der Waals surface area contributed by atoms with Gasteiger partial charge in [0.15, 0.2) is 6.61 Å². The second-order valence-electron chi connectivity index (χ2n) is 7.66. The van der Waals surface area contributed by atoms with E-state index in [2.05, 4.69) is 21.7 Å². The number of ether oxygens (including phenoxy) is 1. The summed E-state index contributed by atoms with van der Waals surface area (Å²) in [7, 11) is 0. The van der Waals surface area contributed by atoms with Gasteiger partial charge in [0.25, 0.3) is 0 Å². The molecule has 158 valence electrons. The molecule has 0 spiro atoms. The number of aromatic nitrogens is 3. The first kappa shape index (κ1) is 20.6. The third kappa shape index (κ3) is 4.14. The first-order valence-corrected chi connectivity index (χ1v) is 10.4. The van der Waals surface area contributed by atoms with Gasteiger partial charge in [-0.1, -0.05) is 43.3 Å². The van der Waals surface area contributed by atoms with Gasteiger partial charge in [0, 0.05) is 29.1 Å². The number of fused-ring (bicyclic) bond motifs is 1. The van der Waals surface area contributed by atoms with E-state index in [-0.39, 0.29) is 18.1 Å². The number of carbonyl (C=O) groups is 2. The highest BCUT2D eigenvalue weighted by molar-refractivity contribution is 6.00. The highest BCUT2D eigenvalue weighted by Gasteiger charge is 2.19. The Hall–Kier alpha value is -3.67. The lowest BCUT2D eigenvalue weighted by Gasteiger charge is -2.07. The third-order valence-electron chi connectivity index (χ3n) is 5.50. The van der Waals surface area contributed by atoms with Crippen LogP contribution in [-0.4, -0.2) is 33.1 Å². The van der Waals surface area contributed by atoms with Gasteiger partial charge in [-0.15, -0.1) is 0 Å². The van der Waals surface area contributed by atoms with E-state index in [1.807, 2.05) is 62.4 Å². The van der Waals surface area contributed by atoms with Crippen molar-refractivity contribution in [2.75, 3.05) is 6.61 Å². The Bertz CT molecular complexity index is 1270. The summed E-state index contributed by atoms with van der Waals surface area (Å²) in [5, 5.41) is 9.18. The van der Waals surface area contributed by atoms with Crippen molar-refractivity contribution < 1.29 is 14.3 Å². The third-order valence-corrected chi connectivity index (χ3v) is 5.50. The van der Waals surface area contributed by atoms with E-state index in [0.717, 1.165) is 40.7 Å². The van der Waals surface area contributed by atoms with Crippen LogP contribution in [0.15, 0.2) is 54.6 Å². The lowest BCUT2D eigenvalue weighted by molar-refractivity contribution is 0.0468. The Morgan fingerprint density at radius 2 is 1.81 bits per heavy atom. The normalized spacial score (nSPS) is 11.1. The zero-order chi connectivity index (χ0) is 22.0. The fourth-order valence-electron chi connectivity index (χ4n) is 3.86. The monoisotopic (exact) mass is 415 g/mol. The Labute approximate surface area is 180 Å². The van der Waals surface area contributed by atoms with E-state index in [4.69, 9.17) is 4.74 Å². The summed E-state index contributed by atoms with van der Waals surface area (Å²) in [6.45, 7) is 6.54. The van der Waals surface area contributed by atoms with Gasteiger partial charge in [0.2, 0.25) is 5.78 Å². The number of benzene rings is 2. The Morgan fingerprint density at radius 1 is 1.03 bits per heavy atom. The standard InChI is InChI=1S/C25H25N3O3/c1-4-11-28-16(2)12-21(17(28)3)24(29)15-31-25(30)23-14-22(26-27-23)20-10-9-18-7-5-6-8-19(18)13-20/h5-10,12-14H,4,11,15H2,1-3H3,(H,26,27). The molecule has 6 heteroatoms. The molecule has 6 nitrogen and oxygen atoms in total. The molecule has 2 aromatic heterocycles. The lowest BCUT2D eigenvalue weighted by atomic mass is 10.1. The average molecular weight is 415 g/mol. The average Bonchev–Trinajstić information content (AvgIpc) is 3.38. The summed E-state index contributed by atoms with van der Waals surface area (Å²) in [4.78, 5) is 25.1. The smallest absolute Gasteiger partial charge is 0.356 e. The number of nitrogens with one attached hydrogen (secondary N) is 1. The van der Waals surface area contributed by atoms with Gasteiger partial charge < -0.3 is 9.30 Å². The molecule has 0 amide bonds.